The minimum absolute atomic E-state index is 0.231. The van der Waals surface area contributed by atoms with Crippen LogP contribution in [0.15, 0.2) is 29.6 Å². The average Bonchev–Trinajstić information content (AvgIpc) is 3.06. The van der Waals surface area contributed by atoms with Crippen molar-refractivity contribution < 1.29 is 9.53 Å². The van der Waals surface area contributed by atoms with Crippen LogP contribution >= 0.6 is 22.9 Å². The zero-order valence-corrected chi connectivity index (χ0v) is 17.6. The Morgan fingerprint density at radius 2 is 2.00 bits per heavy atom. The van der Waals surface area contributed by atoms with Gasteiger partial charge in [-0.15, -0.1) is 11.3 Å². The van der Waals surface area contributed by atoms with Gasteiger partial charge in [-0.2, -0.15) is 0 Å². The summed E-state index contributed by atoms with van der Waals surface area (Å²) in [5.41, 5.74) is -0.0239. The van der Waals surface area contributed by atoms with Gasteiger partial charge in [-0.05, 0) is 70.0 Å². The Morgan fingerprint density at radius 3 is 2.67 bits per heavy atom. The van der Waals surface area contributed by atoms with Gasteiger partial charge in [-0.25, -0.2) is 4.98 Å². The number of likely N-dealkylation sites (tertiary alicyclic amines) is 1. The minimum atomic E-state index is -1.03. The van der Waals surface area contributed by atoms with E-state index < -0.39 is 5.60 Å². The largest absolute Gasteiger partial charge is 0.478 e. The lowest BCUT2D eigenvalue weighted by atomic mass is 9.99. The molecular formula is C20H26ClN3O2S. The number of nitrogens with one attached hydrogen (secondary N) is 1. The van der Waals surface area contributed by atoms with Gasteiger partial charge >= 0.3 is 0 Å². The van der Waals surface area contributed by atoms with Crippen LogP contribution in [0.5, 0.6) is 5.75 Å². The number of nitrogens with zero attached hydrogens (tertiary/aromatic N) is 2. The molecule has 7 heteroatoms. The molecule has 0 radical (unpaired) electrons. The van der Waals surface area contributed by atoms with E-state index in [0.717, 1.165) is 31.2 Å². The van der Waals surface area contributed by atoms with Gasteiger partial charge in [0.2, 0.25) is 0 Å². The zero-order valence-electron chi connectivity index (χ0n) is 16.0. The van der Waals surface area contributed by atoms with Crippen molar-refractivity contribution in [3.8, 4) is 5.75 Å². The molecule has 0 aliphatic carbocycles. The van der Waals surface area contributed by atoms with E-state index in [0.29, 0.717) is 15.9 Å². The zero-order chi connectivity index (χ0) is 19.4. The van der Waals surface area contributed by atoms with E-state index in [1.54, 1.807) is 38.1 Å². The lowest BCUT2D eigenvalue weighted by Crippen LogP contribution is -2.42. The highest BCUT2D eigenvalue weighted by Crippen LogP contribution is 2.24. The van der Waals surface area contributed by atoms with Gasteiger partial charge in [-0.3, -0.25) is 15.0 Å². The maximum atomic E-state index is 12.6. The molecule has 0 atom stereocenters. The molecule has 0 unspecified atom stereocenters. The Bertz CT molecular complexity index is 768. The number of aromatic nitrogens is 1. The van der Waals surface area contributed by atoms with Crippen LogP contribution in [-0.4, -0.2) is 34.5 Å². The predicted octanol–water partition coefficient (Wildman–Crippen LogP) is 4.82. The predicted molar refractivity (Wildman–Crippen MR) is 111 cm³/mol. The summed E-state index contributed by atoms with van der Waals surface area (Å²) in [5, 5.41) is 6.12. The van der Waals surface area contributed by atoms with Gasteiger partial charge in [0.1, 0.15) is 5.75 Å². The summed E-state index contributed by atoms with van der Waals surface area (Å²) in [6.45, 7) is 8.84. The second-order valence-corrected chi connectivity index (χ2v) is 8.92. The topological polar surface area (TPSA) is 54.5 Å². The molecule has 27 heavy (non-hydrogen) atoms. The average molecular weight is 408 g/mol. The Balaban J connectivity index is 1.55. The van der Waals surface area contributed by atoms with E-state index in [9.17, 15) is 4.79 Å². The number of piperidine rings is 1. The SMILES string of the molecule is CC1CCN(Cc2csc(NC(=O)C(C)(C)Oc3ccc(Cl)cc3)n2)CC1. The van der Waals surface area contributed by atoms with Crippen LogP contribution in [0.3, 0.4) is 0 Å². The molecule has 1 amide bonds. The minimum Gasteiger partial charge on any atom is -0.478 e. The summed E-state index contributed by atoms with van der Waals surface area (Å²) in [6.07, 6.45) is 2.48. The van der Waals surface area contributed by atoms with Gasteiger partial charge in [0.05, 0.1) is 5.69 Å². The van der Waals surface area contributed by atoms with Gasteiger partial charge in [0, 0.05) is 16.9 Å². The third-order valence-electron chi connectivity index (χ3n) is 4.77. The first-order valence-electron chi connectivity index (χ1n) is 9.24. The van der Waals surface area contributed by atoms with E-state index in [-0.39, 0.29) is 5.91 Å². The van der Waals surface area contributed by atoms with Crippen LogP contribution in [0, 0.1) is 5.92 Å². The van der Waals surface area contributed by atoms with E-state index in [4.69, 9.17) is 16.3 Å². The Kier molecular flexibility index (Phi) is 6.40. The van der Waals surface area contributed by atoms with E-state index in [1.165, 1.54) is 24.2 Å². The van der Waals surface area contributed by atoms with Crippen molar-refractivity contribution in [3.63, 3.8) is 0 Å². The maximum absolute atomic E-state index is 12.6. The van der Waals surface area contributed by atoms with Crippen molar-refractivity contribution in [1.82, 2.24) is 9.88 Å². The molecule has 3 rings (SSSR count). The standard InChI is InChI=1S/C20H26ClN3O2S/c1-14-8-10-24(11-9-14)12-16-13-27-19(22-16)23-18(25)20(2,3)26-17-6-4-15(21)5-7-17/h4-7,13-14H,8-12H2,1-3H3,(H,22,23,25). The quantitative estimate of drug-likeness (QED) is 0.745. The van der Waals surface area contributed by atoms with Crippen LogP contribution in [0.4, 0.5) is 5.13 Å². The van der Waals surface area contributed by atoms with E-state index in [2.05, 4.69) is 22.1 Å². The number of carbonyl (C=O) groups excluding carboxylic acids is 1. The fraction of sp³-hybridized carbons (Fsp3) is 0.500. The molecule has 0 saturated carbocycles. The highest BCUT2D eigenvalue weighted by molar-refractivity contribution is 7.13. The summed E-state index contributed by atoms with van der Waals surface area (Å²) >= 11 is 7.34. The normalized spacial score (nSPS) is 16.3. The van der Waals surface area contributed by atoms with Crippen LogP contribution in [0.2, 0.25) is 5.02 Å². The smallest absolute Gasteiger partial charge is 0.269 e. The molecule has 2 heterocycles. The third kappa shape index (κ3) is 5.67. The Labute approximate surface area is 169 Å². The number of anilines is 1. The van der Waals surface area contributed by atoms with Gasteiger partial charge in [-0.1, -0.05) is 18.5 Å². The highest BCUT2D eigenvalue weighted by Gasteiger charge is 2.30. The van der Waals surface area contributed by atoms with E-state index >= 15 is 0 Å². The molecule has 1 aliphatic rings. The van der Waals surface area contributed by atoms with Crippen molar-refractivity contribution >= 4 is 34.0 Å². The number of benzene rings is 1. The number of amides is 1. The molecule has 1 aromatic heterocycles. The van der Waals surface area contributed by atoms with Crippen molar-refractivity contribution in [3.05, 3.63) is 40.4 Å². The Hall–Kier alpha value is -1.63. The first kappa shape index (κ1) is 20.1. The fourth-order valence-electron chi connectivity index (χ4n) is 2.98. The number of ether oxygens (including phenoxy) is 1. The molecule has 1 aromatic carbocycles. The number of halogens is 1. The van der Waals surface area contributed by atoms with Crippen molar-refractivity contribution in [2.75, 3.05) is 18.4 Å². The van der Waals surface area contributed by atoms with Crippen molar-refractivity contribution in [1.29, 1.82) is 0 Å². The monoisotopic (exact) mass is 407 g/mol. The molecule has 2 aromatic rings. The molecule has 1 aliphatic heterocycles. The molecule has 1 N–H and O–H groups in total. The summed E-state index contributed by atoms with van der Waals surface area (Å²) in [6, 6.07) is 6.97. The number of hydrogen-bond donors (Lipinski definition) is 1. The third-order valence-corrected chi connectivity index (χ3v) is 5.83. The molecule has 0 spiro atoms. The second kappa shape index (κ2) is 8.59. The number of carbonyl (C=O) groups is 1. The lowest BCUT2D eigenvalue weighted by molar-refractivity contribution is -0.128. The van der Waals surface area contributed by atoms with E-state index in [1.807, 2.05) is 5.38 Å². The van der Waals surface area contributed by atoms with Gasteiger partial charge in [0.15, 0.2) is 10.7 Å². The number of hydrogen-bond acceptors (Lipinski definition) is 5. The molecular weight excluding hydrogens is 382 g/mol. The first-order valence-corrected chi connectivity index (χ1v) is 10.5. The molecule has 5 nitrogen and oxygen atoms in total. The molecule has 1 fully saturated rings. The van der Waals surface area contributed by atoms with Crippen LogP contribution < -0.4 is 10.1 Å². The fourth-order valence-corrected chi connectivity index (χ4v) is 3.80. The van der Waals surface area contributed by atoms with Crippen LogP contribution in [0.25, 0.3) is 0 Å². The van der Waals surface area contributed by atoms with Gasteiger partial charge < -0.3 is 4.74 Å². The summed E-state index contributed by atoms with van der Waals surface area (Å²) in [4.78, 5) is 19.6. The van der Waals surface area contributed by atoms with Crippen LogP contribution in [-0.2, 0) is 11.3 Å². The van der Waals surface area contributed by atoms with Crippen molar-refractivity contribution in [2.45, 2.75) is 45.8 Å². The Morgan fingerprint density at radius 1 is 1.33 bits per heavy atom. The number of thiazole rings is 1. The first-order chi connectivity index (χ1) is 12.8. The second-order valence-electron chi connectivity index (χ2n) is 7.62. The molecule has 1 saturated heterocycles. The molecule has 0 bridgehead atoms. The summed E-state index contributed by atoms with van der Waals surface area (Å²) < 4.78 is 5.83. The maximum Gasteiger partial charge on any atom is 0.269 e. The summed E-state index contributed by atoms with van der Waals surface area (Å²) in [5.74, 6) is 1.18. The number of rotatable bonds is 6. The van der Waals surface area contributed by atoms with Crippen LogP contribution in [0.1, 0.15) is 39.3 Å². The highest BCUT2D eigenvalue weighted by atomic mass is 35.5. The summed E-state index contributed by atoms with van der Waals surface area (Å²) in [7, 11) is 0. The van der Waals surface area contributed by atoms with Gasteiger partial charge in [0.25, 0.3) is 5.91 Å². The van der Waals surface area contributed by atoms with Crippen molar-refractivity contribution in [2.24, 2.45) is 5.92 Å². The lowest BCUT2D eigenvalue weighted by Gasteiger charge is -2.29. The molecule has 146 valence electrons.